The van der Waals surface area contributed by atoms with Crippen molar-refractivity contribution in [2.24, 2.45) is 0 Å². The van der Waals surface area contributed by atoms with Crippen LogP contribution in [-0.2, 0) is 23.7 Å². The molecule has 0 saturated heterocycles. The molecule has 0 aliphatic heterocycles. The third-order valence-electron chi connectivity index (χ3n) is 17.2. The molecule has 0 bridgehead atoms. The van der Waals surface area contributed by atoms with E-state index in [9.17, 15) is 0 Å². The molecule has 0 heterocycles. The zero-order valence-electron chi connectivity index (χ0n) is 42.9. The summed E-state index contributed by atoms with van der Waals surface area (Å²) < 4.78 is 0. The Morgan fingerprint density at radius 2 is 1.07 bits per heavy atom. The van der Waals surface area contributed by atoms with E-state index in [-0.39, 0.29) is 16.9 Å². The SMILES string of the molecule is CC1(C)C2=CC(N(c3ccc4c(c3)CCC=C4)c3ccc4ccccc4c3)CC=C2c2ccc(/C=C/c3ccc4c(c3)C(C)(C)c3cc(N(C5=Cc6ccccc6CC5)c5ccc6ccccc6c5)ccc3-4)cc21. The summed E-state index contributed by atoms with van der Waals surface area (Å²) >= 11 is 0. The van der Waals surface area contributed by atoms with Gasteiger partial charge in [-0.3, -0.25) is 0 Å². The van der Waals surface area contributed by atoms with E-state index in [0.717, 1.165) is 32.1 Å². The molecule has 14 rings (SSSR count). The van der Waals surface area contributed by atoms with Crippen LogP contribution in [0, 0.1) is 0 Å². The summed E-state index contributed by atoms with van der Waals surface area (Å²) in [5.41, 5.74) is 24.9. The number of allylic oxidation sites excluding steroid dienone is 4. The maximum absolute atomic E-state index is 2.60. The van der Waals surface area contributed by atoms with E-state index in [1.54, 1.807) is 0 Å². The Labute approximate surface area is 436 Å². The van der Waals surface area contributed by atoms with Gasteiger partial charge in [0.2, 0.25) is 0 Å². The quantitative estimate of drug-likeness (QED) is 0.140. The van der Waals surface area contributed by atoms with Crippen LogP contribution >= 0.6 is 0 Å². The first-order chi connectivity index (χ1) is 36.1. The van der Waals surface area contributed by atoms with Gasteiger partial charge in [0, 0.05) is 39.3 Å². The first-order valence-corrected chi connectivity index (χ1v) is 26.8. The Morgan fingerprint density at radius 3 is 1.84 bits per heavy atom. The van der Waals surface area contributed by atoms with Crippen molar-refractivity contribution in [1.29, 1.82) is 0 Å². The number of rotatable bonds is 8. The molecule has 5 aliphatic rings. The molecule has 0 aromatic heterocycles. The van der Waals surface area contributed by atoms with E-state index < -0.39 is 0 Å². The van der Waals surface area contributed by atoms with Gasteiger partial charge >= 0.3 is 0 Å². The number of fused-ring (bicyclic) bond motifs is 10. The molecule has 1 atom stereocenters. The molecule has 0 radical (unpaired) electrons. The summed E-state index contributed by atoms with van der Waals surface area (Å²) in [5.74, 6) is 0. The topological polar surface area (TPSA) is 6.48 Å². The minimum Gasteiger partial charge on any atom is -0.334 e. The third-order valence-corrected chi connectivity index (χ3v) is 17.2. The molecule has 0 spiro atoms. The minimum atomic E-state index is -0.179. The largest absolute Gasteiger partial charge is 0.334 e. The standard InChI is InChI=1S/C72H60N2/c1-71(2)67-39-47(23-35-63(67)65-37-33-61(45-69(65)71)73(57-29-25-49-13-5-9-17-53(49)41-57)58-30-26-50-14-6-10-18-54(50)42-58)21-22-48-24-36-64-66-38-34-62(46-70(66)72(3,4)68(64)40-48)74(59-31-27-51-15-7-11-19-55(51)43-59)60-32-28-52-16-8-12-20-56(52)44-60/h5-11,13-19,21-25,27-29,31-33,35-46,62H,12,20,26,30,34H2,1-4H3/b22-21+. The molecule has 0 fully saturated rings. The molecule has 9 aromatic carbocycles. The summed E-state index contributed by atoms with van der Waals surface area (Å²) in [6, 6.07) is 69.0. The molecular weight excluding hydrogens is 893 g/mol. The van der Waals surface area contributed by atoms with Gasteiger partial charge in [0.15, 0.2) is 0 Å². The van der Waals surface area contributed by atoms with Crippen molar-refractivity contribution in [3.05, 3.63) is 267 Å². The van der Waals surface area contributed by atoms with Gasteiger partial charge in [-0.1, -0.05) is 198 Å². The van der Waals surface area contributed by atoms with Gasteiger partial charge in [0.05, 0.1) is 6.04 Å². The maximum Gasteiger partial charge on any atom is 0.0563 e. The van der Waals surface area contributed by atoms with Crippen LogP contribution in [0.15, 0.2) is 211 Å². The van der Waals surface area contributed by atoms with Crippen molar-refractivity contribution in [3.8, 4) is 11.1 Å². The van der Waals surface area contributed by atoms with Crippen molar-refractivity contribution < 1.29 is 0 Å². The van der Waals surface area contributed by atoms with Crippen LogP contribution in [0.1, 0.15) is 103 Å². The van der Waals surface area contributed by atoms with Crippen molar-refractivity contribution in [3.63, 3.8) is 0 Å². The molecular formula is C72H60N2. The van der Waals surface area contributed by atoms with Gasteiger partial charge < -0.3 is 9.80 Å². The lowest BCUT2D eigenvalue weighted by atomic mass is 9.79. The number of anilines is 4. The Morgan fingerprint density at radius 1 is 0.473 bits per heavy atom. The summed E-state index contributed by atoms with van der Waals surface area (Å²) in [5, 5.41) is 5.06. The lowest BCUT2D eigenvalue weighted by Crippen LogP contribution is -2.32. The first kappa shape index (κ1) is 44.5. The van der Waals surface area contributed by atoms with E-state index >= 15 is 0 Å². The van der Waals surface area contributed by atoms with Crippen molar-refractivity contribution in [2.45, 2.75) is 76.7 Å². The van der Waals surface area contributed by atoms with Crippen LogP contribution in [0.3, 0.4) is 0 Å². The molecule has 5 aliphatic carbocycles. The lowest BCUT2D eigenvalue weighted by molar-refractivity contribution is 0.644. The van der Waals surface area contributed by atoms with Gasteiger partial charge in [-0.05, 0) is 186 Å². The number of benzene rings is 9. The normalized spacial score (nSPS) is 17.4. The second-order valence-electron chi connectivity index (χ2n) is 22.4. The van der Waals surface area contributed by atoms with Crippen LogP contribution in [-0.4, -0.2) is 6.04 Å². The summed E-state index contributed by atoms with van der Waals surface area (Å²) in [6.45, 7) is 9.68. The van der Waals surface area contributed by atoms with Crippen LogP contribution in [0.25, 0.3) is 62.5 Å². The van der Waals surface area contributed by atoms with E-state index in [4.69, 9.17) is 0 Å². The highest BCUT2D eigenvalue weighted by atomic mass is 15.2. The molecule has 0 saturated carbocycles. The van der Waals surface area contributed by atoms with E-state index in [1.807, 2.05) is 0 Å². The molecule has 1 unspecified atom stereocenters. The average Bonchev–Trinajstić information content (AvgIpc) is 3.81. The number of hydrogen-bond donors (Lipinski definition) is 0. The first-order valence-electron chi connectivity index (χ1n) is 26.8. The second-order valence-corrected chi connectivity index (χ2v) is 22.4. The Balaban J connectivity index is 0.761. The van der Waals surface area contributed by atoms with E-state index in [1.165, 1.54) is 128 Å². The molecule has 2 nitrogen and oxygen atoms in total. The summed E-state index contributed by atoms with van der Waals surface area (Å²) in [7, 11) is 0. The highest BCUT2D eigenvalue weighted by Crippen LogP contribution is 2.54. The predicted octanol–water partition coefficient (Wildman–Crippen LogP) is 18.8. The zero-order chi connectivity index (χ0) is 49.7. The molecule has 2 heteroatoms. The van der Waals surface area contributed by atoms with Crippen LogP contribution in [0.4, 0.5) is 22.7 Å². The summed E-state index contributed by atoms with van der Waals surface area (Å²) in [4.78, 5) is 5.12. The van der Waals surface area contributed by atoms with Crippen LogP contribution < -0.4 is 9.80 Å². The van der Waals surface area contributed by atoms with Gasteiger partial charge in [-0.15, -0.1) is 0 Å². The highest BCUT2D eigenvalue weighted by molar-refractivity contribution is 5.94. The highest BCUT2D eigenvalue weighted by Gasteiger charge is 2.41. The zero-order valence-corrected chi connectivity index (χ0v) is 42.9. The molecule has 358 valence electrons. The predicted molar refractivity (Wildman–Crippen MR) is 316 cm³/mol. The Hall–Kier alpha value is -8.20. The van der Waals surface area contributed by atoms with Gasteiger partial charge in [-0.25, -0.2) is 0 Å². The number of aryl methyl sites for hydroxylation is 2. The smallest absolute Gasteiger partial charge is 0.0563 e. The fourth-order valence-corrected chi connectivity index (χ4v) is 13.2. The van der Waals surface area contributed by atoms with Crippen LogP contribution in [0.5, 0.6) is 0 Å². The third kappa shape index (κ3) is 7.37. The molecule has 9 aromatic rings. The minimum absolute atomic E-state index is 0.149. The molecule has 0 amide bonds. The van der Waals surface area contributed by atoms with Gasteiger partial charge in [-0.2, -0.15) is 0 Å². The summed E-state index contributed by atoms with van der Waals surface area (Å²) in [6.07, 6.45) is 21.9. The molecule has 74 heavy (non-hydrogen) atoms. The monoisotopic (exact) mass is 952 g/mol. The van der Waals surface area contributed by atoms with Crippen molar-refractivity contribution in [1.82, 2.24) is 0 Å². The lowest BCUT2D eigenvalue weighted by Gasteiger charge is -2.36. The number of hydrogen-bond acceptors (Lipinski definition) is 2. The van der Waals surface area contributed by atoms with Gasteiger partial charge in [0.25, 0.3) is 0 Å². The average molecular weight is 953 g/mol. The number of nitrogens with zero attached hydrogens (tertiary/aromatic N) is 2. The maximum atomic E-state index is 2.60. The fourth-order valence-electron chi connectivity index (χ4n) is 13.2. The fraction of sp³-hybridized carbons (Fsp3) is 0.167. The Bertz CT molecular complexity index is 3960. The van der Waals surface area contributed by atoms with E-state index in [2.05, 4.69) is 262 Å². The Kier molecular flexibility index (Phi) is 10.3. The van der Waals surface area contributed by atoms with Crippen molar-refractivity contribution in [2.75, 3.05) is 9.80 Å². The van der Waals surface area contributed by atoms with Gasteiger partial charge in [0.1, 0.15) is 0 Å². The van der Waals surface area contributed by atoms with Crippen molar-refractivity contribution >= 4 is 74.2 Å². The van der Waals surface area contributed by atoms with Crippen LogP contribution in [0.2, 0.25) is 0 Å². The molecule has 0 N–H and O–H groups in total. The van der Waals surface area contributed by atoms with E-state index in [0.29, 0.717) is 0 Å². The second kappa shape index (κ2) is 17.2.